The van der Waals surface area contributed by atoms with Crippen LogP contribution in [0.5, 0.6) is 0 Å². The summed E-state index contributed by atoms with van der Waals surface area (Å²) in [6, 6.07) is 0.248. The van der Waals surface area contributed by atoms with Gasteiger partial charge in [-0.15, -0.1) is 0 Å². The molecule has 2 heterocycles. The highest BCUT2D eigenvalue weighted by atomic mass is 16.5. The molecule has 0 bridgehead atoms. The molecule has 0 spiro atoms. The average molecular weight is 240 g/mol. The summed E-state index contributed by atoms with van der Waals surface area (Å²) >= 11 is 0. The third-order valence-electron chi connectivity index (χ3n) is 4.04. The molecule has 2 fully saturated rings. The molecular formula is C13H24N2O2. The summed E-state index contributed by atoms with van der Waals surface area (Å²) in [6.07, 6.45) is 3.17. The first-order valence-corrected chi connectivity index (χ1v) is 6.74. The van der Waals surface area contributed by atoms with E-state index in [4.69, 9.17) is 4.74 Å². The van der Waals surface area contributed by atoms with E-state index in [1.165, 1.54) is 0 Å². The number of carbonyl (C=O) groups is 1. The number of carbonyl (C=O) groups excluding carboxylic acids is 1. The van der Waals surface area contributed by atoms with Gasteiger partial charge in [0, 0.05) is 6.54 Å². The Morgan fingerprint density at radius 3 is 2.94 bits per heavy atom. The van der Waals surface area contributed by atoms with E-state index in [1.54, 1.807) is 0 Å². The molecule has 0 saturated carbocycles. The summed E-state index contributed by atoms with van der Waals surface area (Å²) in [5.74, 6) is 0.261. The molecule has 2 aliphatic rings. The fourth-order valence-corrected chi connectivity index (χ4v) is 2.83. The predicted molar refractivity (Wildman–Crippen MR) is 66.8 cm³/mol. The monoisotopic (exact) mass is 240 g/mol. The van der Waals surface area contributed by atoms with E-state index in [0.29, 0.717) is 6.61 Å². The molecule has 3 atom stereocenters. The molecule has 0 aliphatic carbocycles. The number of nitrogens with zero attached hydrogens (tertiary/aromatic N) is 1. The molecule has 98 valence electrons. The van der Waals surface area contributed by atoms with Gasteiger partial charge in [0.1, 0.15) is 0 Å². The second kappa shape index (κ2) is 4.94. The van der Waals surface area contributed by atoms with E-state index < -0.39 is 0 Å². The number of rotatable bonds is 2. The van der Waals surface area contributed by atoms with E-state index in [1.807, 2.05) is 18.7 Å². The minimum atomic E-state index is -0.343. The smallest absolute Gasteiger partial charge is 0.243 e. The molecule has 0 radical (unpaired) electrons. The molecule has 3 unspecified atom stereocenters. The topological polar surface area (TPSA) is 41.6 Å². The van der Waals surface area contributed by atoms with Crippen LogP contribution in [0.4, 0.5) is 0 Å². The summed E-state index contributed by atoms with van der Waals surface area (Å²) in [5.41, 5.74) is -0.343. The van der Waals surface area contributed by atoms with Crippen LogP contribution in [0, 0.1) is 0 Å². The Labute approximate surface area is 104 Å². The SMILES string of the molecule is CCC1COC(C)CN1C(=O)C1(C)CCCN1. The third-order valence-corrected chi connectivity index (χ3v) is 4.04. The Balaban J connectivity index is 2.10. The first kappa shape index (κ1) is 12.8. The van der Waals surface area contributed by atoms with Crippen LogP contribution in [0.25, 0.3) is 0 Å². The lowest BCUT2D eigenvalue weighted by Crippen LogP contribution is -2.60. The lowest BCUT2D eigenvalue weighted by atomic mass is 9.96. The standard InChI is InChI=1S/C13H24N2O2/c1-4-11-9-17-10(2)8-15(11)12(16)13(3)6-5-7-14-13/h10-11,14H,4-9H2,1-3H3. The van der Waals surface area contributed by atoms with Crippen LogP contribution in [0.1, 0.15) is 40.0 Å². The number of hydrogen-bond donors (Lipinski definition) is 1. The van der Waals surface area contributed by atoms with Crippen LogP contribution < -0.4 is 5.32 Å². The van der Waals surface area contributed by atoms with Crippen LogP contribution in [-0.4, -0.2) is 48.2 Å². The molecule has 0 aromatic rings. The predicted octanol–water partition coefficient (Wildman–Crippen LogP) is 1.15. The summed E-state index contributed by atoms with van der Waals surface area (Å²) in [7, 11) is 0. The van der Waals surface area contributed by atoms with Crippen molar-refractivity contribution in [2.45, 2.75) is 57.7 Å². The largest absolute Gasteiger partial charge is 0.375 e. The van der Waals surface area contributed by atoms with Crippen molar-refractivity contribution in [3.05, 3.63) is 0 Å². The van der Waals surface area contributed by atoms with Crippen LogP contribution in [0.15, 0.2) is 0 Å². The van der Waals surface area contributed by atoms with Gasteiger partial charge in [0.2, 0.25) is 5.91 Å². The Kier molecular flexibility index (Phi) is 3.73. The highest BCUT2D eigenvalue weighted by Crippen LogP contribution is 2.25. The van der Waals surface area contributed by atoms with Crippen LogP contribution in [0.2, 0.25) is 0 Å². The second-order valence-corrected chi connectivity index (χ2v) is 5.53. The van der Waals surface area contributed by atoms with Crippen molar-refractivity contribution < 1.29 is 9.53 Å². The van der Waals surface area contributed by atoms with Crippen LogP contribution in [0.3, 0.4) is 0 Å². The lowest BCUT2D eigenvalue weighted by molar-refractivity contribution is -0.150. The van der Waals surface area contributed by atoms with Crippen LogP contribution in [-0.2, 0) is 9.53 Å². The zero-order chi connectivity index (χ0) is 12.5. The Morgan fingerprint density at radius 1 is 1.59 bits per heavy atom. The van der Waals surface area contributed by atoms with Crippen molar-refractivity contribution in [1.29, 1.82) is 0 Å². The summed E-state index contributed by atoms with van der Waals surface area (Å²) < 4.78 is 5.64. The van der Waals surface area contributed by atoms with Gasteiger partial charge in [-0.3, -0.25) is 4.79 Å². The first-order chi connectivity index (χ1) is 8.07. The molecule has 4 nitrogen and oxygen atoms in total. The second-order valence-electron chi connectivity index (χ2n) is 5.53. The quantitative estimate of drug-likeness (QED) is 0.787. The van der Waals surface area contributed by atoms with Gasteiger partial charge in [-0.05, 0) is 39.7 Å². The van der Waals surface area contributed by atoms with Gasteiger partial charge in [-0.2, -0.15) is 0 Å². The third kappa shape index (κ3) is 2.47. The molecule has 2 aliphatic heterocycles. The fourth-order valence-electron chi connectivity index (χ4n) is 2.83. The number of hydrogen-bond acceptors (Lipinski definition) is 3. The van der Waals surface area contributed by atoms with Crippen LogP contribution >= 0.6 is 0 Å². The molecule has 0 aromatic carbocycles. The van der Waals surface area contributed by atoms with Crippen molar-refractivity contribution in [2.75, 3.05) is 19.7 Å². The zero-order valence-corrected chi connectivity index (χ0v) is 11.2. The highest BCUT2D eigenvalue weighted by Gasteiger charge is 2.42. The fraction of sp³-hybridized carbons (Fsp3) is 0.923. The molecule has 2 saturated heterocycles. The van der Waals surface area contributed by atoms with E-state index in [0.717, 1.165) is 32.4 Å². The average Bonchev–Trinajstić information content (AvgIpc) is 2.76. The Morgan fingerprint density at radius 2 is 2.35 bits per heavy atom. The highest BCUT2D eigenvalue weighted by molar-refractivity contribution is 5.86. The maximum Gasteiger partial charge on any atom is 0.243 e. The molecule has 1 N–H and O–H groups in total. The first-order valence-electron chi connectivity index (χ1n) is 6.74. The van der Waals surface area contributed by atoms with E-state index >= 15 is 0 Å². The minimum absolute atomic E-state index is 0.159. The van der Waals surface area contributed by atoms with Gasteiger partial charge in [-0.1, -0.05) is 6.92 Å². The van der Waals surface area contributed by atoms with Gasteiger partial charge in [0.25, 0.3) is 0 Å². The molecule has 1 amide bonds. The number of ether oxygens (including phenoxy) is 1. The molecular weight excluding hydrogens is 216 g/mol. The normalized spacial score (nSPS) is 38.4. The Bertz CT molecular complexity index is 287. The van der Waals surface area contributed by atoms with Crippen molar-refractivity contribution in [3.8, 4) is 0 Å². The van der Waals surface area contributed by atoms with Crippen molar-refractivity contribution >= 4 is 5.91 Å². The van der Waals surface area contributed by atoms with Crippen molar-refractivity contribution in [1.82, 2.24) is 10.2 Å². The number of nitrogens with one attached hydrogen (secondary N) is 1. The van der Waals surface area contributed by atoms with Crippen molar-refractivity contribution in [3.63, 3.8) is 0 Å². The van der Waals surface area contributed by atoms with Gasteiger partial charge in [0.15, 0.2) is 0 Å². The van der Waals surface area contributed by atoms with Gasteiger partial charge >= 0.3 is 0 Å². The summed E-state index contributed by atoms with van der Waals surface area (Å²) in [4.78, 5) is 14.7. The van der Waals surface area contributed by atoms with Gasteiger partial charge < -0.3 is 15.0 Å². The minimum Gasteiger partial charge on any atom is -0.375 e. The number of amides is 1. The molecule has 2 rings (SSSR count). The molecule has 0 aromatic heterocycles. The Hall–Kier alpha value is -0.610. The number of morpholine rings is 1. The maximum absolute atomic E-state index is 12.6. The van der Waals surface area contributed by atoms with Gasteiger partial charge in [0.05, 0.1) is 24.3 Å². The van der Waals surface area contributed by atoms with E-state index in [9.17, 15) is 4.79 Å². The van der Waals surface area contributed by atoms with Gasteiger partial charge in [-0.25, -0.2) is 0 Å². The zero-order valence-electron chi connectivity index (χ0n) is 11.2. The summed E-state index contributed by atoms with van der Waals surface area (Å²) in [6.45, 7) is 8.56. The van der Waals surface area contributed by atoms with Crippen molar-refractivity contribution in [2.24, 2.45) is 0 Å². The lowest BCUT2D eigenvalue weighted by Gasteiger charge is -2.42. The summed E-state index contributed by atoms with van der Waals surface area (Å²) in [5, 5.41) is 3.36. The van der Waals surface area contributed by atoms with E-state index in [-0.39, 0.29) is 23.6 Å². The van der Waals surface area contributed by atoms with E-state index in [2.05, 4.69) is 12.2 Å². The molecule has 17 heavy (non-hydrogen) atoms. The maximum atomic E-state index is 12.6. The molecule has 4 heteroatoms.